The van der Waals surface area contributed by atoms with E-state index in [0.717, 1.165) is 25.7 Å². The molecule has 30 heavy (non-hydrogen) atoms. The van der Waals surface area contributed by atoms with Crippen molar-refractivity contribution in [3.05, 3.63) is 12.2 Å². The van der Waals surface area contributed by atoms with Gasteiger partial charge in [0.1, 0.15) is 5.72 Å². The lowest BCUT2D eigenvalue weighted by molar-refractivity contribution is -0.183. The van der Waals surface area contributed by atoms with Crippen LogP contribution in [0.3, 0.4) is 0 Å². The van der Waals surface area contributed by atoms with E-state index in [0.29, 0.717) is 6.42 Å². The van der Waals surface area contributed by atoms with Gasteiger partial charge in [-0.25, -0.2) is 0 Å². The molecule has 5 heteroatoms. The highest BCUT2D eigenvalue weighted by Crippen LogP contribution is 2.23. The van der Waals surface area contributed by atoms with Crippen molar-refractivity contribution in [3.8, 4) is 0 Å². The second-order valence-corrected chi connectivity index (χ2v) is 8.88. The molecule has 0 radical (unpaired) electrons. The van der Waals surface area contributed by atoms with E-state index in [1.807, 2.05) is 13.8 Å². The lowest BCUT2D eigenvalue weighted by Crippen LogP contribution is -2.56. The molecule has 0 aromatic rings. The second-order valence-electron chi connectivity index (χ2n) is 8.88. The lowest BCUT2D eigenvalue weighted by atomic mass is 9.93. The summed E-state index contributed by atoms with van der Waals surface area (Å²) in [5.74, 6) is -0.660. The first-order valence-electron chi connectivity index (χ1n) is 12.0. The molecule has 0 aliphatic carbocycles. The zero-order valence-corrected chi connectivity index (χ0v) is 20.7. The number of hydrogen-bond donors (Lipinski definition) is 3. The van der Waals surface area contributed by atoms with Crippen molar-refractivity contribution < 1.29 is 20.1 Å². The molecule has 0 saturated heterocycles. The molecule has 0 aromatic heterocycles. The minimum absolute atomic E-state index is 0.0116. The number of likely N-dealkylation sites (N-methyl/N-ethyl adjacent to an activating group) is 1. The van der Waals surface area contributed by atoms with Crippen LogP contribution in [0.25, 0.3) is 0 Å². The van der Waals surface area contributed by atoms with E-state index in [2.05, 4.69) is 19.1 Å². The number of carbonyl (C=O) groups is 1. The van der Waals surface area contributed by atoms with Crippen LogP contribution in [-0.2, 0) is 4.79 Å². The van der Waals surface area contributed by atoms with Gasteiger partial charge < -0.3 is 15.3 Å². The van der Waals surface area contributed by atoms with E-state index in [9.17, 15) is 15.0 Å². The second kappa shape index (κ2) is 20.0. The van der Waals surface area contributed by atoms with Gasteiger partial charge in [-0.1, -0.05) is 77.9 Å². The largest absolute Gasteiger partial charge is 0.481 e. The fraction of sp³-hybridized carbons (Fsp3) is 0.880. The third kappa shape index (κ3) is 16.8. The molecule has 0 fully saturated rings. The van der Waals surface area contributed by atoms with Gasteiger partial charge in [-0.15, -0.1) is 0 Å². The highest BCUT2D eigenvalue weighted by atomic mass is 16.4. The quantitative estimate of drug-likeness (QED) is 0.150. The number of allylic oxidation sites excluding steroid dienone is 2. The third-order valence-electron chi connectivity index (χ3n) is 5.58. The average Bonchev–Trinajstić information content (AvgIpc) is 2.67. The maximum Gasteiger partial charge on any atom is 0.303 e. The summed E-state index contributed by atoms with van der Waals surface area (Å²) in [6.07, 6.45) is 19.0. The number of nitrogens with zero attached hydrogens (tertiary/aromatic N) is 1. The van der Waals surface area contributed by atoms with E-state index in [-0.39, 0.29) is 5.92 Å². The summed E-state index contributed by atoms with van der Waals surface area (Å²) in [5, 5.41) is 27.7. The number of hydrogen-bond acceptors (Lipinski definition) is 4. The number of aliphatic hydroxyl groups excluding tert-OH is 1. The minimum atomic E-state index is -1.11. The van der Waals surface area contributed by atoms with Gasteiger partial charge >= 0.3 is 5.97 Å². The van der Waals surface area contributed by atoms with Crippen molar-refractivity contribution in [1.29, 1.82) is 0 Å². The number of carboxylic acids is 1. The molecule has 180 valence electrons. The topological polar surface area (TPSA) is 81.0 Å². The van der Waals surface area contributed by atoms with E-state index in [1.165, 1.54) is 51.4 Å². The Balaban J connectivity index is 0. The van der Waals surface area contributed by atoms with Gasteiger partial charge in [0.05, 0.1) is 6.10 Å². The first-order chi connectivity index (χ1) is 14.1. The monoisotopic (exact) mass is 429 g/mol. The Morgan fingerprint density at radius 3 is 1.63 bits per heavy atom. The van der Waals surface area contributed by atoms with E-state index >= 15 is 0 Å². The highest BCUT2D eigenvalue weighted by Gasteiger charge is 2.38. The Morgan fingerprint density at radius 2 is 1.30 bits per heavy atom. The summed E-state index contributed by atoms with van der Waals surface area (Å²) in [5.41, 5.74) is -1.11. The Bertz CT molecular complexity index is 398. The zero-order valence-electron chi connectivity index (χ0n) is 20.7. The lowest BCUT2D eigenvalue weighted by Gasteiger charge is -2.40. The predicted octanol–water partition coefficient (Wildman–Crippen LogP) is 5.99. The molecule has 5 nitrogen and oxygen atoms in total. The van der Waals surface area contributed by atoms with E-state index in [4.69, 9.17) is 5.11 Å². The highest BCUT2D eigenvalue weighted by molar-refractivity contribution is 5.66. The molecule has 0 aliphatic rings. The third-order valence-corrected chi connectivity index (χ3v) is 5.58. The van der Waals surface area contributed by atoms with Crippen LogP contribution in [0.15, 0.2) is 12.2 Å². The summed E-state index contributed by atoms with van der Waals surface area (Å²) in [6, 6.07) is 0. The van der Waals surface area contributed by atoms with Crippen molar-refractivity contribution in [2.45, 2.75) is 123 Å². The van der Waals surface area contributed by atoms with Gasteiger partial charge in [0.2, 0.25) is 0 Å². The van der Waals surface area contributed by atoms with Crippen molar-refractivity contribution in [3.63, 3.8) is 0 Å². The number of rotatable bonds is 17. The zero-order chi connectivity index (χ0) is 23.4. The fourth-order valence-corrected chi connectivity index (χ4v) is 3.54. The SMILES string of the molecule is CC(C)C(O)(C(C)O)N(C)C.CCCCCCCCCC=CCCCCCC(=O)O. The average molecular weight is 430 g/mol. The van der Waals surface area contributed by atoms with Crippen LogP contribution in [0.5, 0.6) is 0 Å². The standard InChI is InChI=1S/C17H32O2.C8H19NO2/c1-2-3-4-5-6-7-8-9-10-11-12-13-14-15-16-17(18)19;1-6(2)8(11,7(3)10)9(4)5/h10-11H,2-9,12-16H2,1H3,(H,18,19);6-7,10-11H,1-5H3. The van der Waals surface area contributed by atoms with Crippen LogP contribution in [-0.4, -0.2) is 52.1 Å². The molecule has 0 saturated carbocycles. The number of carboxylic acid groups (broad SMARTS) is 1. The molecule has 0 rings (SSSR count). The summed E-state index contributed by atoms with van der Waals surface area (Å²) in [6.45, 7) is 7.62. The molecule has 0 bridgehead atoms. The Labute approximate surface area is 186 Å². The van der Waals surface area contributed by atoms with E-state index < -0.39 is 17.8 Å². The first kappa shape index (κ1) is 31.3. The molecule has 2 unspecified atom stereocenters. The van der Waals surface area contributed by atoms with Crippen LogP contribution in [0, 0.1) is 5.92 Å². The number of unbranched alkanes of at least 4 members (excludes halogenated alkanes) is 10. The van der Waals surface area contributed by atoms with Crippen LogP contribution >= 0.6 is 0 Å². The predicted molar refractivity (Wildman–Crippen MR) is 128 cm³/mol. The Kier molecular flexibility index (Phi) is 20.9. The molecular weight excluding hydrogens is 378 g/mol. The minimum Gasteiger partial charge on any atom is -0.481 e. The molecule has 2 atom stereocenters. The molecule has 0 aromatic carbocycles. The van der Waals surface area contributed by atoms with Crippen LogP contribution in [0.4, 0.5) is 0 Å². The Morgan fingerprint density at radius 1 is 0.867 bits per heavy atom. The van der Waals surface area contributed by atoms with E-state index in [1.54, 1.807) is 25.9 Å². The van der Waals surface area contributed by atoms with Crippen molar-refractivity contribution in [2.75, 3.05) is 14.1 Å². The maximum atomic E-state index is 10.3. The summed E-state index contributed by atoms with van der Waals surface area (Å²) in [7, 11) is 3.51. The van der Waals surface area contributed by atoms with Gasteiger partial charge in [0.15, 0.2) is 0 Å². The van der Waals surface area contributed by atoms with Gasteiger partial charge in [0, 0.05) is 6.42 Å². The maximum absolute atomic E-state index is 10.3. The summed E-state index contributed by atoms with van der Waals surface area (Å²) in [4.78, 5) is 11.9. The number of aliphatic carboxylic acids is 1. The molecular formula is C25H51NO4. The van der Waals surface area contributed by atoms with Crippen LogP contribution in [0.1, 0.15) is 111 Å². The normalized spacial score (nSPS) is 14.6. The summed E-state index contributed by atoms with van der Waals surface area (Å²) >= 11 is 0. The number of aliphatic hydroxyl groups is 2. The smallest absolute Gasteiger partial charge is 0.303 e. The van der Waals surface area contributed by atoms with Crippen molar-refractivity contribution in [2.24, 2.45) is 5.92 Å². The molecule has 0 amide bonds. The fourth-order valence-electron chi connectivity index (χ4n) is 3.54. The van der Waals surface area contributed by atoms with Gasteiger partial charge in [0.25, 0.3) is 0 Å². The van der Waals surface area contributed by atoms with Crippen LogP contribution in [0.2, 0.25) is 0 Å². The molecule has 3 N–H and O–H groups in total. The molecule has 0 aliphatic heterocycles. The summed E-state index contributed by atoms with van der Waals surface area (Å²) < 4.78 is 0. The molecule has 0 spiro atoms. The van der Waals surface area contributed by atoms with Gasteiger partial charge in [-0.05, 0) is 59.0 Å². The van der Waals surface area contributed by atoms with Gasteiger partial charge in [-0.2, -0.15) is 0 Å². The van der Waals surface area contributed by atoms with Crippen molar-refractivity contribution in [1.82, 2.24) is 4.90 Å². The first-order valence-corrected chi connectivity index (χ1v) is 12.0. The van der Waals surface area contributed by atoms with Gasteiger partial charge in [-0.3, -0.25) is 9.69 Å². The van der Waals surface area contributed by atoms with Crippen LogP contribution < -0.4 is 0 Å². The Hall–Kier alpha value is -0.910. The van der Waals surface area contributed by atoms with Crippen molar-refractivity contribution >= 4 is 5.97 Å². The molecule has 0 heterocycles.